The van der Waals surface area contributed by atoms with E-state index < -0.39 is 0 Å². The zero-order valence-corrected chi connectivity index (χ0v) is 18.0. The molecule has 2 aromatic carbocycles. The van der Waals surface area contributed by atoms with E-state index in [0.717, 1.165) is 45.7 Å². The fourth-order valence-electron chi connectivity index (χ4n) is 3.36. The molecule has 0 radical (unpaired) electrons. The quantitative estimate of drug-likeness (QED) is 0.523. The number of hydrogen-bond acceptors (Lipinski definition) is 4. The Hall–Kier alpha value is -2.96. The molecule has 30 heavy (non-hydrogen) atoms. The number of thioether (sulfide) groups is 1. The van der Waals surface area contributed by atoms with Crippen LogP contribution in [-0.4, -0.2) is 15.7 Å². The van der Waals surface area contributed by atoms with E-state index in [1.165, 1.54) is 0 Å². The minimum atomic E-state index is -0.352. The highest BCUT2D eigenvalue weighted by molar-refractivity contribution is 8.18. The van der Waals surface area contributed by atoms with Crippen LogP contribution < -0.4 is 10.1 Å². The van der Waals surface area contributed by atoms with Crippen molar-refractivity contribution in [2.75, 3.05) is 0 Å². The number of halogens is 1. The topological polar surface area (TPSA) is 60.3 Å². The Balaban J connectivity index is 1.54. The number of carbonyl (C=O) groups excluding carboxylic acids is 2. The minimum absolute atomic E-state index is 0.340. The fourth-order valence-corrected chi connectivity index (χ4v) is 4.22. The van der Waals surface area contributed by atoms with Gasteiger partial charge in [-0.2, -0.15) is 0 Å². The van der Waals surface area contributed by atoms with Crippen molar-refractivity contribution < 1.29 is 14.3 Å². The number of imide groups is 1. The highest BCUT2D eigenvalue weighted by Gasteiger charge is 2.25. The molecule has 0 unspecified atom stereocenters. The summed E-state index contributed by atoms with van der Waals surface area (Å²) in [5.41, 5.74) is 4.83. The van der Waals surface area contributed by atoms with Gasteiger partial charge in [0.1, 0.15) is 12.4 Å². The second-order valence-corrected chi connectivity index (χ2v) is 8.31. The first-order valence-corrected chi connectivity index (χ1v) is 10.5. The van der Waals surface area contributed by atoms with Crippen molar-refractivity contribution in [2.24, 2.45) is 0 Å². The molecule has 0 atom stereocenters. The van der Waals surface area contributed by atoms with Crippen LogP contribution in [0.15, 0.2) is 59.5 Å². The molecule has 152 valence electrons. The molecule has 0 aliphatic carbocycles. The maximum absolute atomic E-state index is 11.8. The lowest BCUT2D eigenvalue weighted by Gasteiger charge is -2.12. The van der Waals surface area contributed by atoms with Crippen LogP contribution in [0.25, 0.3) is 11.8 Å². The summed E-state index contributed by atoms with van der Waals surface area (Å²) in [5.74, 6) is 0.399. The van der Waals surface area contributed by atoms with E-state index in [2.05, 4.69) is 9.88 Å². The Labute approximate surface area is 183 Å². The summed E-state index contributed by atoms with van der Waals surface area (Å²) in [6.45, 7) is 4.39. The second kappa shape index (κ2) is 8.42. The van der Waals surface area contributed by atoms with E-state index in [1.807, 2.05) is 68.4 Å². The molecule has 0 saturated carbocycles. The highest BCUT2D eigenvalue weighted by Crippen LogP contribution is 2.29. The third-order valence-corrected chi connectivity index (χ3v) is 6.03. The number of carbonyl (C=O) groups is 2. The molecule has 2 heterocycles. The van der Waals surface area contributed by atoms with Crippen molar-refractivity contribution in [2.45, 2.75) is 20.5 Å². The summed E-state index contributed by atoms with van der Waals surface area (Å²) in [6.07, 6.45) is 1.75. The molecule has 4 rings (SSSR count). The van der Waals surface area contributed by atoms with Crippen molar-refractivity contribution in [3.63, 3.8) is 0 Å². The van der Waals surface area contributed by atoms with Gasteiger partial charge in [0, 0.05) is 27.7 Å². The SMILES string of the molecule is Cc1cc(/C=C2\SC(=O)NC2=O)c(C)n1-c1ccc(OCc2ccccc2Cl)cc1. The molecule has 1 fully saturated rings. The largest absolute Gasteiger partial charge is 0.489 e. The van der Waals surface area contributed by atoms with Crippen LogP contribution in [0.2, 0.25) is 5.02 Å². The van der Waals surface area contributed by atoms with E-state index in [-0.39, 0.29) is 11.1 Å². The van der Waals surface area contributed by atoms with Gasteiger partial charge in [0.05, 0.1) is 4.91 Å². The van der Waals surface area contributed by atoms with E-state index in [1.54, 1.807) is 6.08 Å². The van der Waals surface area contributed by atoms with Gasteiger partial charge >= 0.3 is 0 Å². The third kappa shape index (κ3) is 4.15. The molecule has 1 N–H and O–H groups in total. The van der Waals surface area contributed by atoms with Crippen LogP contribution in [0, 0.1) is 13.8 Å². The van der Waals surface area contributed by atoms with Crippen LogP contribution in [0.5, 0.6) is 5.75 Å². The van der Waals surface area contributed by atoms with Crippen molar-refractivity contribution in [3.05, 3.63) is 87.0 Å². The molecule has 1 aliphatic heterocycles. The zero-order chi connectivity index (χ0) is 21.3. The number of rotatable bonds is 5. The number of benzene rings is 2. The van der Waals surface area contributed by atoms with Gasteiger partial charge in [0.2, 0.25) is 0 Å². The molecular weight excluding hydrogens is 420 g/mol. The number of aromatic nitrogens is 1. The van der Waals surface area contributed by atoms with Crippen molar-refractivity contribution in [1.82, 2.24) is 9.88 Å². The average molecular weight is 439 g/mol. The predicted molar refractivity (Wildman–Crippen MR) is 120 cm³/mol. The molecule has 1 saturated heterocycles. The number of hydrogen-bond donors (Lipinski definition) is 1. The Kier molecular flexibility index (Phi) is 5.70. The van der Waals surface area contributed by atoms with E-state index >= 15 is 0 Å². The van der Waals surface area contributed by atoms with Crippen molar-refractivity contribution in [3.8, 4) is 11.4 Å². The molecule has 7 heteroatoms. The second-order valence-electron chi connectivity index (χ2n) is 6.89. The number of nitrogens with one attached hydrogen (secondary N) is 1. The number of nitrogens with zero attached hydrogens (tertiary/aromatic N) is 1. The van der Waals surface area contributed by atoms with Crippen molar-refractivity contribution >= 4 is 40.6 Å². The first-order valence-electron chi connectivity index (χ1n) is 9.33. The number of amides is 2. The number of aryl methyl sites for hydroxylation is 1. The normalized spacial score (nSPS) is 15.0. The monoisotopic (exact) mass is 438 g/mol. The van der Waals surface area contributed by atoms with Gasteiger partial charge in [-0.05, 0) is 73.6 Å². The molecule has 2 amide bonds. The van der Waals surface area contributed by atoms with Gasteiger partial charge in [-0.25, -0.2) is 0 Å². The summed E-state index contributed by atoms with van der Waals surface area (Å²) in [4.78, 5) is 23.6. The Bertz CT molecular complexity index is 1170. The van der Waals surface area contributed by atoms with Crippen LogP contribution in [0.3, 0.4) is 0 Å². The third-order valence-electron chi connectivity index (χ3n) is 4.85. The molecule has 0 bridgehead atoms. The lowest BCUT2D eigenvalue weighted by molar-refractivity contribution is -0.115. The number of ether oxygens (including phenoxy) is 1. The lowest BCUT2D eigenvalue weighted by atomic mass is 10.2. The van der Waals surface area contributed by atoms with E-state index in [4.69, 9.17) is 16.3 Å². The molecule has 1 aliphatic rings. The average Bonchev–Trinajstić information content (AvgIpc) is 3.19. The van der Waals surface area contributed by atoms with Gasteiger partial charge in [-0.3, -0.25) is 14.9 Å². The van der Waals surface area contributed by atoms with Gasteiger partial charge < -0.3 is 9.30 Å². The van der Waals surface area contributed by atoms with E-state index in [0.29, 0.717) is 16.5 Å². The Morgan fingerprint density at radius 1 is 1.10 bits per heavy atom. The van der Waals surface area contributed by atoms with E-state index in [9.17, 15) is 9.59 Å². The Morgan fingerprint density at radius 2 is 1.83 bits per heavy atom. The van der Waals surface area contributed by atoms with Crippen LogP contribution in [-0.2, 0) is 11.4 Å². The van der Waals surface area contributed by atoms with Gasteiger partial charge in [0.15, 0.2) is 0 Å². The molecule has 3 aromatic rings. The summed E-state index contributed by atoms with van der Waals surface area (Å²) in [6, 6.07) is 17.4. The zero-order valence-electron chi connectivity index (χ0n) is 16.4. The predicted octanol–water partition coefficient (Wildman–Crippen LogP) is 5.65. The van der Waals surface area contributed by atoms with Crippen LogP contribution in [0.1, 0.15) is 22.5 Å². The van der Waals surface area contributed by atoms with Gasteiger partial charge in [-0.1, -0.05) is 29.8 Å². The maximum Gasteiger partial charge on any atom is 0.290 e. The molecule has 1 aromatic heterocycles. The fraction of sp³-hybridized carbons (Fsp3) is 0.130. The van der Waals surface area contributed by atoms with Crippen LogP contribution >= 0.6 is 23.4 Å². The molecule has 0 spiro atoms. The lowest BCUT2D eigenvalue weighted by Crippen LogP contribution is -2.17. The summed E-state index contributed by atoms with van der Waals surface area (Å²) < 4.78 is 7.96. The Morgan fingerprint density at radius 3 is 2.50 bits per heavy atom. The molecular formula is C23H19ClN2O3S. The highest BCUT2D eigenvalue weighted by atomic mass is 35.5. The smallest absolute Gasteiger partial charge is 0.290 e. The van der Waals surface area contributed by atoms with Crippen LogP contribution in [0.4, 0.5) is 4.79 Å². The summed E-state index contributed by atoms with van der Waals surface area (Å²) >= 11 is 7.10. The minimum Gasteiger partial charge on any atom is -0.489 e. The first kappa shape index (κ1) is 20.3. The van der Waals surface area contributed by atoms with Gasteiger partial charge in [-0.15, -0.1) is 0 Å². The molecule has 5 nitrogen and oxygen atoms in total. The summed E-state index contributed by atoms with van der Waals surface area (Å²) in [5, 5.41) is 2.63. The maximum atomic E-state index is 11.8. The van der Waals surface area contributed by atoms with Gasteiger partial charge in [0.25, 0.3) is 11.1 Å². The standard InChI is InChI=1S/C23H19ClN2O3S/c1-14-11-17(12-21-22(27)25-23(28)30-21)15(2)26(14)18-7-9-19(10-8-18)29-13-16-5-3-4-6-20(16)24/h3-12H,13H2,1-2H3,(H,25,27,28)/b21-12-. The first-order chi connectivity index (χ1) is 14.4. The summed E-state index contributed by atoms with van der Waals surface area (Å²) in [7, 11) is 0. The van der Waals surface area contributed by atoms with Crippen molar-refractivity contribution in [1.29, 1.82) is 0 Å².